The number of pyridine rings is 1. The quantitative estimate of drug-likeness (QED) is 0.541. The third kappa shape index (κ3) is 4.42. The summed E-state index contributed by atoms with van der Waals surface area (Å²) >= 11 is 1.68. The van der Waals surface area contributed by atoms with E-state index in [0.717, 1.165) is 36.1 Å². The van der Waals surface area contributed by atoms with Crippen LogP contribution in [-0.2, 0) is 16.0 Å². The minimum absolute atomic E-state index is 0.00737. The predicted octanol–water partition coefficient (Wildman–Crippen LogP) is 4.90. The van der Waals surface area contributed by atoms with Crippen molar-refractivity contribution in [3.63, 3.8) is 0 Å². The Balaban J connectivity index is 1.30. The molecule has 5 nitrogen and oxygen atoms in total. The lowest BCUT2D eigenvalue weighted by Gasteiger charge is -2.36. The van der Waals surface area contributed by atoms with Gasteiger partial charge in [0.15, 0.2) is 0 Å². The number of hydrogen-bond acceptors (Lipinski definition) is 4. The summed E-state index contributed by atoms with van der Waals surface area (Å²) in [5.41, 5.74) is 2.73. The molecule has 0 saturated carbocycles. The second kappa shape index (κ2) is 9.43. The van der Waals surface area contributed by atoms with Gasteiger partial charge < -0.3 is 9.80 Å². The number of benzene rings is 1. The summed E-state index contributed by atoms with van der Waals surface area (Å²) in [6.07, 6.45) is 4.69. The number of fused-ring (bicyclic) bond motifs is 1. The van der Waals surface area contributed by atoms with Crippen LogP contribution in [0.3, 0.4) is 0 Å². The molecule has 33 heavy (non-hydrogen) atoms. The molecule has 2 amide bonds. The molecule has 0 radical (unpaired) electrons. The molecule has 4 heterocycles. The molecule has 2 atom stereocenters. The van der Waals surface area contributed by atoms with Gasteiger partial charge in [-0.2, -0.15) is 0 Å². The Kier molecular flexibility index (Phi) is 6.22. The smallest absolute Gasteiger partial charge is 0.223 e. The lowest BCUT2D eigenvalue weighted by atomic mass is 9.92. The van der Waals surface area contributed by atoms with Gasteiger partial charge in [-0.05, 0) is 66.1 Å². The summed E-state index contributed by atoms with van der Waals surface area (Å²) in [6.45, 7) is 1.27. The van der Waals surface area contributed by atoms with Crippen molar-refractivity contribution in [1.29, 1.82) is 0 Å². The molecule has 0 aliphatic carbocycles. The van der Waals surface area contributed by atoms with E-state index in [4.69, 9.17) is 0 Å². The zero-order chi connectivity index (χ0) is 22.8. The number of rotatable bonds is 5. The number of likely N-dealkylation sites (tertiary alicyclic amines) is 1. The monoisotopic (exact) mass is 463 g/mol. The van der Waals surface area contributed by atoms with Crippen LogP contribution in [0, 0.1) is 5.82 Å². The highest BCUT2D eigenvalue weighted by atomic mass is 32.1. The van der Waals surface area contributed by atoms with Crippen LogP contribution >= 0.6 is 11.3 Å². The standard InChI is InChI=1S/C26H26FN3O2S/c27-19-6-3-5-18(17-19)26-20-12-16-33-23(20)11-15-30(26)25(32)10-9-24(31)29-14-4-8-22(29)21-7-1-2-13-28-21/h1-3,5-7,12-13,16-17,22,26H,4,8-11,14-15H2. The molecule has 0 bridgehead atoms. The van der Waals surface area contributed by atoms with Crippen LogP contribution in [0.4, 0.5) is 4.39 Å². The normalized spacial score (nSPS) is 20.0. The van der Waals surface area contributed by atoms with Gasteiger partial charge in [-0.1, -0.05) is 18.2 Å². The first kappa shape index (κ1) is 21.8. The lowest BCUT2D eigenvalue weighted by molar-refractivity contribution is -0.138. The molecule has 1 aromatic carbocycles. The Morgan fingerprint density at radius 3 is 2.67 bits per heavy atom. The molecule has 170 valence electrons. The van der Waals surface area contributed by atoms with Crippen molar-refractivity contribution in [3.8, 4) is 0 Å². The van der Waals surface area contributed by atoms with E-state index in [0.29, 0.717) is 13.1 Å². The number of amides is 2. The maximum atomic E-state index is 14.0. The Hall–Kier alpha value is -3.06. The van der Waals surface area contributed by atoms with E-state index in [1.165, 1.54) is 17.0 Å². The average molecular weight is 464 g/mol. The van der Waals surface area contributed by atoms with E-state index >= 15 is 0 Å². The van der Waals surface area contributed by atoms with Gasteiger partial charge in [-0.25, -0.2) is 4.39 Å². The van der Waals surface area contributed by atoms with Crippen molar-refractivity contribution in [2.75, 3.05) is 13.1 Å². The maximum Gasteiger partial charge on any atom is 0.223 e. The van der Waals surface area contributed by atoms with E-state index in [-0.39, 0.29) is 42.6 Å². The van der Waals surface area contributed by atoms with Gasteiger partial charge in [-0.15, -0.1) is 11.3 Å². The van der Waals surface area contributed by atoms with Crippen molar-refractivity contribution in [1.82, 2.24) is 14.8 Å². The fraction of sp³-hybridized carbons (Fsp3) is 0.346. The second-order valence-electron chi connectivity index (χ2n) is 8.59. The van der Waals surface area contributed by atoms with Crippen molar-refractivity contribution in [2.45, 2.75) is 44.2 Å². The third-order valence-electron chi connectivity index (χ3n) is 6.61. The summed E-state index contributed by atoms with van der Waals surface area (Å²) in [5, 5.41) is 2.03. The molecular formula is C26H26FN3O2S. The van der Waals surface area contributed by atoms with E-state index in [9.17, 15) is 14.0 Å². The molecular weight excluding hydrogens is 437 g/mol. The first-order chi connectivity index (χ1) is 16.1. The lowest BCUT2D eigenvalue weighted by Crippen LogP contribution is -2.40. The van der Waals surface area contributed by atoms with Crippen LogP contribution in [0.5, 0.6) is 0 Å². The predicted molar refractivity (Wildman–Crippen MR) is 125 cm³/mol. The molecule has 0 N–H and O–H groups in total. The van der Waals surface area contributed by atoms with E-state index in [1.54, 1.807) is 23.6 Å². The number of aromatic nitrogens is 1. The van der Waals surface area contributed by atoms with Crippen molar-refractivity contribution < 1.29 is 14.0 Å². The van der Waals surface area contributed by atoms with Gasteiger partial charge in [0, 0.05) is 37.0 Å². The SMILES string of the molecule is O=C(CCC(=O)N1CCc2sccc2C1c1cccc(F)c1)N1CCCC1c1ccccn1. The fourth-order valence-corrected chi connectivity index (χ4v) is 5.97. The van der Waals surface area contributed by atoms with Crippen LogP contribution in [0.2, 0.25) is 0 Å². The molecule has 2 unspecified atom stereocenters. The van der Waals surface area contributed by atoms with Gasteiger partial charge in [0.05, 0.1) is 17.8 Å². The Bertz CT molecular complexity index is 1150. The van der Waals surface area contributed by atoms with Crippen LogP contribution in [-0.4, -0.2) is 39.7 Å². The summed E-state index contributed by atoms with van der Waals surface area (Å²) < 4.78 is 14.0. The minimum Gasteiger partial charge on any atom is -0.334 e. The first-order valence-corrected chi connectivity index (χ1v) is 12.3. The highest BCUT2D eigenvalue weighted by Gasteiger charge is 2.34. The third-order valence-corrected chi connectivity index (χ3v) is 7.60. The number of halogens is 1. The Morgan fingerprint density at radius 2 is 1.88 bits per heavy atom. The van der Waals surface area contributed by atoms with E-state index in [2.05, 4.69) is 4.98 Å². The Labute approximate surface area is 196 Å². The highest BCUT2D eigenvalue weighted by molar-refractivity contribution is 7.10. The van der Waals surface area contributed by atoms with Gasteiger partial charge in [0.25, 0.3) is 0 Å². The van der Waals surface area contributed by atoms with Gasteiger partial charge in [-0.3, -0.25) is 14.6 Å². The number of carbonyl (C=O) groups excluding carboxylic acids is 2. The number of carbonyl (C=O) groups is 2. The molecule has 5 rings (SSSR count). The van der Waals surface area contributed by atoms with Crippen LogP contribution in [0.25, 0.3) is 0 Å². The average Bonchev–Trinajstić information content (AvgIpc) is 3.52. The summed E-state index contributed by atoms with van der Waals surface area (Å²) in [5.74, 6) is -0.387. The summed E-state index contributed by atoms with van der Waals surface area (Å²) in [6, 6.07) is 13.9. The largest absolute Gasteiger partial charge is 0.334 e. The van der Waals surface area contributed by atoms with Crippen LogP contribution in [0.1, 0.15) is 59.5 Å². The Morgan fingerprint density at radius 1 is 1.03 bits per heavy atom. The molecule has 0 spiro atoms. The summed E-state index contributed by atoms with van der Waals surface area (Å²) in [4.78, 5) is 35.7. The zero-order valence-corrected chi connectivity index (χ0v) is 19.1. The van der Waals surface area contributed by atoms with Crippen molar-refractivity contribution in [2.24, 2.45) is 0 Å². The minimum atomic E-state index is -0.314. The van der Waals surface area contributed by atoms with E-state index in [1.807, 2.05) is 45.5 Å². The molecule has 2 aromatic heterocycles. The fourth-order valence-electron chi connectivity index (χ4n) is 5.07. The van der Waals surface area contributed by atoms with Gasteiger partial charge in [0.1, 0.15) is 5.82 Å². The number of thiophene rings is 1. The molecule has 3 aromatic rings. The molecule has 2 aliphatic heterocycles. The van der Waals surface area contributed by atoms with Gasteiger partial charge >= 0.3 is 0 Å². The number of hydrogen-bond donors (Lipinski definition) is 0. The zero-order valence-electron chi connectivity index (χ0n) is 18.3. The van der Waals surface area contributed by atoms with Gasteiger partial charge in [0.2, 0.25) is 11.8 Å². The van der Waals surface area contributed by atoms with Crippen molar-refractivity contribution in [3.05, 3.63) is 87.6 Å². The molecule has 1 fully saturated rings. The molecule has 2 aliphatic rings. The topological polar surface area (TPSA) is 53.5 Å². The highest BCUT2D eigenvalue weighted by Crippen LogP contribution is 2.38. The van der Waals surface area contributed by atoms with Crippen LogP contribution < -0.4 is 0 Å². The second-order valence-corrected chi connectivity index (χ2v) is 9.59. The maximum absolute atomic E-state index is 14.0. The van der Waals surface area contributed by atoms with E-state index < -0.39 is 0 Å². The molecule has 1 saturated heterocycles. The van der Waals surface area contributed by atoms with Crippen LogP contribution in [0.15, 0.2) is 60.1 Å². The summed E-state index contributed by atoms with van der Waals surface area (Å²) in [7, 11) is 0. The number of nitrogens with zero attached hydrogens (tertiary/aromatic N) is 3. The molecule has 7 heteroatoms. The van der Waals surface area contributed by atoms with Crippen molar-refractivity contribution >= 4 is 23.2 Å². The first-order valence-electron chi connectivity index (χ1n) is 11.4.